The van der Waals surface area contributed by atoms with E-state index in [-0.39, 0.29) is 0 Å². The van der Waals surface area contributed by atoms with Gasteiger partial charge in [0.2, 0.25) is 0 Å². The molecule has 0 saturated carbocycles. The van der Waals surface area contributed by atoms with Crippen molar-refractivity contribution in [1.29, 1.82) is 0 Å². The second kappa shape index (κ2) is 6.22. The third-order valence-corrected chi connectivity index (χ3v) is 3.54. The zero-order valence-electron chi connectivity index (χ0n) is 11.0. The van der Waals surface area contributed by atoms with Crippen LogP contribution in [0.15, 0.2) is 16.5 Å². The topological polar surface area (TPSA) is 28.4 Å². The van der Waals surface area contributed by atoms with Crippen LogP contribution >= 0.6 is 0 Å². The second-order valence-electron chi connectivity index (χ2n) is 5.05. The molecule has 1 fully saturated rings. The molecule has 1 atom stereocenters. The number of hydrogen-bond acceptors (Lipinski definition) is 3. The van der Waals surface area contributed by atoms with Gasteiger partial charge in [-0.2, -0.15) is 0 Å². The summed E-state index contributed by atoms with van der Waals surface area (Å²) in [4.78, 5) is 2.48. The van der Waals surface area contributed by atoms with Gasteiger partial charge in [-0.3, -0.25) is 4.90 Å². The Labute approximate surface area is 104 Å². The molecule has 0 aromatic carbocycles. The molecule has 3 nitrogen and oxygen atoms in total. The molecule has 17 heavy (non-hydrogen) atoms. The molecule has 1 aromatic rings. The van der Waals surface area contributed by atoms with Gasteiger partial charge in [0.05, 0.1) is 6.54 Å². The summed E-state index contributed by atoms with van der Waals surface area (Å²) >= 11 is 0. The molecule has 1 aromatic heterocycles. The Morgan fingerprint density at radius 1 is 1.47 bits per heavy atom. The first-order valence-electron chi connectivity index (χ1n) is 6.76. The molecule has 0 radical (unpaired) electrons. The lowest BCUT2D eigenvalue weighted by molar-refractivity contribution is 0.196. The van der Waals surface area contributed by atoms with Gasteiger partial charge in [0.15, 0.2) is 0 Å². The first kappa shape index (κ1) is 12.7. The quantitative estimate of drug-likeness (QED) is 0.851. The summed E-state index contributed by atoms with van der Waals surface area (Å²) in [6.45, 7) is 9.82. The van der Waals surface area contributed by atoms with Crippen molar-refractivity contribution < 1.29 is 4.42 Å². The largest absolute Gasteiger partial charge is 0.465 e. The lowest BCUT2D eigenvalue weighted by Crippen LogP contribution is -2.38. The van der Waals surface area contributed by atoms with Crippen LogP contribution < -0.4 is 5.32 Å². The van der Waals surface area contributed by atoms with E-state index in [1.807, 2.05) is 13.0 Å². The zero-order valence-corrected chi connectivity index (χ0v) is 11.0. The Kier molecular flexibility index (Phi) is 4.63. The molecule has 2 rings (SSSR count). The van der Waals surface area contributed by atoms with Gasteiger partial charge in [-0.05, 0) is 57.5 Å². The van der Waals surface area contributed by atoms with Crippen LogP contribution in [0.25, 0.3) is 0 Å². The SMILES string of the molecule is CCN(Cc1ccc(C)o1)CC1CCCNC1. The molecule has 1 unspecified atom stereocenters. The summed E-state index contributed by atoms with van der Waals surface area (Å²) in [5.41, 5.74) is 0. The Morgan fingerprint density at radius 3 is 2.94 bits per heavy atom. The van der Waals surface area contributed by atoms with Crippen molar-refractivity contribution in [2.45, 2.75) is 33.2 Å². The normalized spacial score (nSPS) is 21.0. The average Bonchev–Trinajstić information content (AvgIpc) is 2.75. The summed E-state index contributed by atoms with van der Waals surface area (Å²) in [5.74, 6) is 2.91. The highest BCUT2D eigenvalue weighted by Gasteiger charge is 2.16. The Morgan fingerprint density at radius 2 is 2.35 bits per heavy atom. The van der Waals surface area contributed by atoms with Crippen LogP contribution in [0.2, 0.25) is 0 Å². The maximum absolute atomic E-state index is 5.65. The minimum atomic E-state index is 0.805. The molecule has 1 saturated heterocycles. The Bertz CT molecular complexity index is 329. The minimum absolute atomic E-state index is 0.805. The predicted molar refractivity (Wildman–Crippen MR) is 70.0 cm³/mol. The van der Waals surface area contributed by atoms with Crippen molar-refractivity contribution in [3.05, 3.63) is 23.7 Å². The van der Waals surface area contributed by atoms with E-state index >= 15 is 0 Å². The number of rotatable bonds is 5. The van der Waals surface area contributed by atoms with Crippen LogP contribution in [0.5, 0.6) is 0 Å². The molecule has 2 heterocycles. The van der Waals surface area contributed by atoms with E-state index in [1.54, 1.807) is 0 Å². The van der Waals surface area contributed by atoms with E-state index in [2.05, 4.69) is 23.2 Å². The van der Waals surface area contributed by atoms with Gasteiger partial charge in [-0.1, -0.05) is 6.92 Å². The van der Waals surface area contributed by atoms with E-state index in [1.165, 1.54) is 32.5 Å². The predicted octanol–water partition coefficient (Wildman–Crippen LogP) is 2.41. The molecule has 0 aliphatic carbocycles. The van der Waals surface area contributed by atoms with Gasteiger partial charge in [0, 0.05) is 6.54 Å². The van der Waals surface area contributed by atoms with Crippen molar-refractivity contribution in [3.63, 3.8) is 0 Å². The number of furan rings is 1. The molecular formula is C14H24N2O. The zero-order chi connectivity index (χ0) is 12.1. The van der Waals surface area contributed by atoms with Crippen LogP contribution in [0, 0.1) is 12.8 Å². The third-order valence-electron chi connectivity index (χ3n) is 3.54. The minimum Gasteiger partial charge on any atom is -0.465 e. The van der Waals surface area contributed by atoms with Gasteiger partial charge >= 0.3 is 0 Å². The maximum Gasteiger partial charge on any atom is 0.118 e. The van der Waals surface area contributed by atoms with Crippen molar-refractivity contribution in [2.75, 3.05) is 26.2 Å². The second-order valence-corrected chi connectivity index (χ2v) is 5.05. The van der Waals surface area contributed by atoms with Crippen LogP contribution in [-0.2, 0) is 6.54 Å². The molecule has 96 valence electrons. The maximum atomic E-state index is 5.65. The van der Waals surface area contributed by atoms with E-state index < -0.39 is 0 Å². The molecule has 0 amide bonds. The fourth-order valence-corrected chi connectivity index (χ4v) is 2.54. The van der Waals surface area contributed by atoms with Crippen molar-refractivity contribution in [1.82, 2.24) is 10.2 Å². The van der Waals surface area contributed by atoms with Crippen molar-refractivity contribution >= 4 is 0 Å². The number of nitrogens with zero attached hydrogens (tertiary/aromatic N) is 1. The van der Waals surface area contributed by atoms with Crippen molar-refractivity contribution in [3.8, 4) is 0 Å². The first-order valence-corrected chi connectivity index (χ1v) is 6.76. The van der Waals surface area contributed by atoms with E-state index in [9.17, 15) is 0 Å². The van der Waals surface area contributed by atoms with Gasteiger partial charge < -0.3 is 9.73 Å². The average molecular weight is 236 g/mol. The molecule has 0 spiro atoms. The monoisotopic (exact) mass is 236 g/mol. The van der Waals surface area contributed by atoms with Gasteiger partial charge in [-0.25, -0.2) is 0 Å². The van der Waals surface area contributed by atoms with E-state index in [4.69, 9.17) is 4.42 Å². The lowest BCUT2D eigenvalue weighted by atomic mass is 9.99. The Hall–Kier alpha value is -0.800. The van der Waals surface area contributed by atoms with Crippen LogP contribution in [0.4, 0.5) is 0 Å². The third kappa shape index (κ3) is 3.86. The highest BCUT2D eigenvalue weighted by Crippen LogP contribution is 2.15. The van der Waals surface area contributed by atoms with Crippen LogP contribution in [0.3, 0.4) is 0 Å². The first-order chi connectivity index (χ1) is 8.28. The van der Waals surface area contributed by atoms with Crippen molar-refractivity contribution in [2.24, 2.45) is 5.92 Å². The molecular weight excluding hydrogens is 212 g/mol. The summed E-state index contributed by atoms with van der Waals surface area (Å²) < 4.78 is 5.65. The lowest BCUT2D eigenvalue weighted by Gasteiger charge is -2.28. The van der Waals surface area contributed by atoms with E-state index in [0.29, 0.717) is 0 Å². The molecule has 3 heteroatoms. The summed E-state index contributed by atoms with van der Waals surface area (Å²) in [7, 11) is 0. The number of hydrogen-bond donors (Lipinski definition) is 1. The van der Waals surface area contributed by atoms with Crippen LogP contribution in [0.1, 0.15) is 31.3 Å². The fourth-order valence-electron chi connectivity index (χ4n) is 2.54. The van der Waals surface area contributed by atoms with Crippen LogP contribution in [-0.4, -0.2) is 31.1 Å². The number of nitrogens with one attached hydrogen (secondary N) is 1. The van der Waals surface area contributed by atoms with Gasteiger partial charge in [-0.15, -0.1) is 0 Å². The molecule has 1 N–H and O–H groups in total. The molecule has 0 bridgehead atoms. The van der Waals surface area contributed by atoms with Gasteiger partial charge in [0.1, 0.15) is 11.5 Å². The summed E-state index contributed by atoms with van der Waals surface area (Å²) in [5, 5.41) is 3.48. The Balaban J connectivity index is 1.83. The molecule has 1 aliphatic rings. The highest BCUT2D eigenvalue weighted by molar-refractivity contribution is 5.05. The number of aryl methyl sites for hydroxylation is 1. The van der Waals surface area contributed by atoms with E-state index in [0.717, 1.165) is 30.5 Å². The summed E-state index contributed by atoms with van der Waals surface area (Å²) in [6.07, 6.45) is 2.68. The standard InChI is InChI=1S/C14H24N2O/c1-3-16(10-13-5-4-8-15-9-13)11-14-7-6-12(2)17-14/h6-7,13,15H,3-5,8-11H2,1-2H3. The van der Waals surface area contributed by atoms with Gasteiger partial charge in [0.25, 0.3) is 0 Å². The highest BCUT2D eigenvalue weighted by atomic mass is 16.3. The smallest absolute Gasteiger partial charge is 0.118 e. The number of piperidine rings is 1. The fraction of sp³-hybridized carbons (Fsp3) is 0.714. The molecule has 1 aliphatic heterocycles. The summed E-state index contributed by atoms with van der Waals surface area (Å²) in [6, 6.07) is 4.14.